The first-order valence-corrected chi connectivity index (χ1v) is 14.4. The minimum Gasteiger partial charge on any atom is -0.374 e. The summed E-state index contributed by atoms with van der Waals surface area (Å²) in [4.78, 5) is 3.65. The molecule has 0 atom stereocenters. The molecule has 0 saturated carbocycles. The second kappa shape index (κ2) is 8.86. The molecule has 9 rings (SSSR count). The summed E-state index contributed by atoms with van der Waals surface area (Å²) < 4.78 is 4.44. The standard InChI is InChI=1S/C38H17BN6/c1-43-26-17-25(21-42)37-30(18-26)29-16-22(19-40)15-24(20-41)36(29)45(37)39-31-10-4-5-12-33(31)44-34-14-13-23-7-2-3-8-27(23)35(34)28-9-6-11-32(39)38(28)44/h2-18H. The highest BCUT2D eigenvalue weighted by atomic mass is 15.0. The zero-order chi connectivity index (χ0) is 30.4. The van der Waals surface area contributed by atoms with Gasteiger partial charge in [0.25, 0.3) is 0 Å². The van der Waals surface area contributed by atoms with Gasteiger partial charge < -0.3 is 9.05 Å². The second-order valence-electron chi connectivity index (χ2n) is 11.3. The van der Waals surface area contributed by atoms with Gasteiger partial charge in [-0.1, -0.05) is 66.7 Å². The lowest BCUT2D eigenvalue weighted by molar-refractivity contribution is 1.18. The molecule has 0 bridgehead atoms. The van der Waals surface area contributed by atoms with Crippen LogP contribution in [0.15, 0.2) is 103 Å². The Kier molecular flexibility index (Phi) is 4.88. The van der Waals surface area contributed by atoms with Crippen LogP contribution in [0.4, 0.5) is 5.69 Å². The van der Waals surface area contributed by atoms with E-state index in [1.54, 1.807) is 24.3 Å². The zero-order valence-electron chi connectivity index (χ0n) is 23.6. The molecule has 0 aliphatic carbocycles. The van der Waals surface area contributed by atoms with Gasteiger partial charge in [0.15, 0.2) is 5.69 Å². The number of benzene rings is 6. The zero-order valence-corrected chi connectivity index (χ0v) is 23.6. The van der Waals surface area contributed by atoms with Gasteiger partial charge in [-0.3, -0.25) is 0 Å². The molecule has 3 heterocycles. The highest BCUT2D eigenvalue weighted by molar-refractivity contribution is 6.88. The minimum atomic E-state index is -0.404. The van der Waals surface area contributed by atoms with Gasteiger partial charge in [-0.15, -0.1) is 0 Å². The smallest absolute Gasteiger partial charge is 0.332 e. The van der Waals surface area contributed by atoms with Gasteiger partial charge in [0, 0.05) is 21.8 Å². The fourth-order valence-electron chi connectivity index (χ4n) is 7.55. The van der Waals surface area contributed by atoms with Crippen LogP contribution in [0.2, 0.25) is 0 Å². The lowest BCUT2D eigenvalue weighted by atomic mass is 9.48. The third-order valence-corrected chi connectivity index (χ3v) is 9.21. The summed E-state index contributed by atoms with van der Waals surface area (Å²) in [7, 11) is 0. The van der Waals surface area contributed by atoms with Gasteiger partial charge in [-0.2, -0.15) is 15.8 Å². The molecule has 6 nitrogen and oxygen atoms in total. The molecule has 7 heteroatoms. The topological polar surface area (TPSA) is 85.6 Å². The maximum atomic E-state index is 10.4. The van der Waals surface area contributed by atoms with Crippen molar-refractivity contribution in [2.75, 3.05) is 0 Å². The number of hydrogen-bond donors (Lipinski definition) is 0. The minimum absolute atomic E-state index is 0.331. The van der Waals surface area contributed by atoms with Crippen LogP contribution in [-0.4, -0.2) is 15.9 Å². The van der Waals surface area contributed by atoms with E-state index in [4.69, 9.17) is 6.57 Å². The summed E-state index contributed by atoms with van der Waals surface area (Å²) in [5, 5.41) is 36.7. The van der Waals surface area contributed by atoms with Crippen LogP contribution >= 0.6 is 0 Å². The quantitative estimate of drug-likeness (QED) is 0.155. The van der Waals surface area contributed by atoms with Gasteiger partial charge in [-0.05, 0) is 63.5 Å². The van der Waals surface area contributed by atoms with Gasteiger partial charge in [0.2, 0.25) is 0 Å². The van der Waals surface area contributed by atoms with E-state index in [1.807, 2.05) is 12.1 Å². The van der Waals surface area contributed by atoms with Crippen molar-refractivity contribution in [2.45, 2.75) is 0 Å². The monoisotopic (exact) mass is 568 g/mol. The molecule has 0 N–H and O–H groups in total. The third-order valence-electron chi connectivity index (χ3n) is 9.21. The van der Waals surface area contributed by atoms with E-state index >= 15 is 0 Å². The normalized spacial score (nSPS) is 11.9. The summed E-state index contributed by atoms with van der Waals surface area (Å²) in [6.45, 7) is 7.32. The molecule has 0 unspecified atom stereocenters. The first kappa shape index (κ1) is 24.8. The van der Waals surface area contributed by atoms with E-state index in [0.717, 1.165) is 33.0 Å². The predicted octanol–water partition coefficient (Wildman–Crippen LogP) is 7.18. The van der Waals surface area contributed by atoms with Crippen molar-refractivity contribution in [3.05, 3.63) is 131 Å². The molecule has 202 valence electrons. The van der Waals surface area contributed by atoms with E-state index < -0.39 is 6.85 Å². The predicted molar refractivity (Wildman–Crippen MR) is 179 cm³/mol. The molecule has 6 aromatic carbocycles. The molecule has 0 saturated heterocycles. The molecule has 2 aromatic heterocycles. The van der Waals surface area contributed by atoms with Crippen LogP contribution in [0.1, 0.15) is 16.7 Å². The molecule has 0 radical (unpaired) electrons. The van der Waals surface area contributed by atoms with Crippen molar-refractivity contribution < 1.29 is 0 Å². The van der Waals surface area contributed by atoms with Crippen molar-refractivity contribution in [1.29, 1.82) is 15.8 Å². The SMILES string of the molecule is [C-]#[N+]c1cc(C#N)c2c(c1)c1cc(C#N)cc(C#N)c1n2B1c2ccccc2-n2c3ccc4ccccc4c3c3cccc1c32. The Morgan fingerprint density at radius 3 is 2.13 bits per heavy atom. The number of aromatic nitrogens is 2. The number of nitrogens with zero attached hydrogens (tertiary/aromatic N) is 6. The Morgan fingerprint density at radius 1 is 0.622 bits per heavy atom. The molecule has 0 fully saturated rings. The van der Waals surface area contributed by atoms with Crippen molar-refractivity contribution >= 4 is 77.8 Å². The third kappa shape index (κ3) is 3.09. The number of hydrogen-bond acceptors (Lipinski definition) is 3. The molecule has 1 aliphatic heterocycles. The van der Waals surface area contributed by atoms with E-state index in [2.05, 4.69) is 98.8 Å². The Labute approximate surface area is 257 Å². The van der Waals surface area contributed by atoms with Crippen molar-refractivity contribution in [3.63, 3.8) is 0 Å². The summed E-state index contributed by atoms with van der Waals surface area (Å²) in [6, 6.07) is 41.1. The Hall–Kier alpha value is -6.80. The summed E-state index contributed by atoms with van der Waals surface area (Å²) >= 11 is 0. The molecule has 1 aliphatic rings. The maximum absolute atomic E-state index is 10.4. The number of para-hydroxylation sites is 2. The van der Waals surface area contributed by atoms with E-state index in [9.17, 15) is 15.8 Å². The lowest BCUT2D eigenvalue weighted by Gasteiger charge is -2.28. The van der Waals surface area contributed by atoms with E-state index in [-0.39, 0.29) is 0 Å². The molecule has 8 aromatic rings. The van der Waals surface area contributed by atoms with Gasteiger partial charge >= 0.3 is 6.85 Å². The lowest BCUT2D eigenvalue weighted by Crippen LogP contribution is -2.53. The first-order valence-electron chi connectivity index (χ1n) is 14.4. The Morgan fingerprint density at radius 2 is 1.33 bits per heavy atom. The van der Waals surface area contributed by atoms with Crippen LogP contribution in [0.5, 0.6) is 0 Å². The summed E-state index contributed by atoms with van der Waals surface area (Å²) in [6.07, 6.45) is 0. The van der Waals surface area contributed by atoms with Gasteiger partial charge in [-0.25, -0.2) is 4.85 Å². The van der Waals surface area contributed by atoms with Crippen molar-refractivity contribution in [2.24, 2.45) is 0 Å². The number of rotatable bonds is 1. The van der Waals surface area contributed by atoms with Crippen LogP contribution in [0.3, 0.4) is 0 Å². The van der Waals surface area contributed by atoms with Gasteiger partial charge in [0.1, 0.15) is 6.07 Å². The molecular weight excluding hydrogens is 551 g/mol. The maximum Gasteiger partial charge on any atom is 0.332 e. The second-order valence-corrected chi connectivity index (χ2v) is 11.3. The van der Waals surface area contributed by atoms with Crippen LogP contribution in [0, 0.1) is 40.6 Å². The number of nitriles is 3. The van der Waals surface area contributed by atoms with Crippen molar-refractivity contribution in [3.8, 4) is 23.9 Å². The van der Waals surface area contributed by atoms with Crippen LogP contribution in [-0.2, 0) is 0 Å². The van der Waals surface area contributed by atoms with E-state index in [1.165, 1.54) is 16.2 Å². The van der Waals surface area contributed by atoms with Gasteiger partial charge in [0.05, 0.1) is 57.5 Å². The molecule has 0 amide bonds. The first-order chi connectivity index (χ1) is 22.2. The fourth-order valence-corrected chi connectivity index (χ4v) is 7.55. The average Bonchev–Trinajstić information content (AvgIpc) is 3.62. The Balaban J connectivity index is 1.54. The molecule has 0 spiro atoms. The van der Waals surface area contributed by atoms with Crippen molar-refractivity contribution in [1.82, 2.24) is 9.05 Å². The molecular formula is C38H17BN6. The summed E-state index contributed by atoms with van der Waals surface area (Å²) in [5.74, 6) is 0. The van der Waals surface area contributed by atoms with E-state index in [0.29, 0.717) is 44.2 Å². The van der Waals surface area contributed by atoms with Crippen LogP contribution in [0.25, 0.3) is 64.9 Å². The Bertz CT molecular complexity index is 2740. The average molecular weight is 568 g/mol. The fraction of sp³-hybridized carbons (Fsp3) is 0. The highest BCUT2D eigenvalue weighted by Crippen LogP contribution is 2.40. The summed E-state index contributed by atoms with van der Waals surface area (Å²) in [5.41, 5.74) is 7.91. The number of fused-ring (bicyclic) bond motifs is 10. The molecule has 45 heavy (non-hydrogen) atoms. The highest BCUT2D eigenvalue weighted by Gasteiger charge is 2.37. The van der Waals surface area contributed by atoms with Crippen LogP contribution < -0.4 is 10.9 Å². The largest absolute Gasteiger partial charge is 0.374 e.